The molecular weight excluding hydrogens is 166 g/mol. The summed E-state index contributed by atoms with van der Waals surface area (Å²) in [6.45, 7) is 5.61. The van der Waals surface area contributed by atoms with Gasteiger partial charge in [0.15, 0.2) is 0 Å². The number of pyridine rings is 1. The standard InChI is InChI=1S/C10H15NO2/c1-8-4-5-9(12)11(6-8)7-10(2,3)13/h4-6,13H,7H2,1-3H3. The summed E-state index contributed by atoms with van der Waals surface area (Å²) in [5.74, 6) is 0. The highest BCUT2D eigenvalue weighted by atomic mass is 16.3. The first-order valence-electron chi connectivity index (χ1n) is 4.28. The molecule has 0 aliphatic rings. The largest absolute Gasteiger partial charge is 0.389 e. The van der Waals surface area contributed by atoms with Gasteiger partial charge < -0.3 is 9.67 Å². The van der Waals surface area contributed by atoms with Crippen LogP contribution >= 0.6 is 0 Å². The third-order valence-electron chi connectivity index (χ3n) is 1.69. The summed E-state index contributed by atoms with van der Waals surface area (Å²) in [5.41, 5.74) is 0.0917. The van der Waals surface area contributed by atoms with Gasteiger partial charge in [0, 0.05) is 12.3 Å². The maximum absolute atomic E-state index is 11.3. The first-order chi connectivity index (χ1) is 5.88. The number of hydrogen-bond donors (Lipinski definition) is 1. The molecule has 3 nitrogen and oxygen atoms in total. The second-order valence-corrected chi connectivity index (χ2v) is 3.99. The zero-order chi connectivity index (χ0) is 10.1. The molecule has 0 aliphatic heterocycles. The maximum Gasteiger partial charge on any atom is 0.250 e. The van der Waals surface area contributed by atoms with E-state index < -0.39 is 5.60 Å². The number of nitrogens with zero attached hydrogens (tertiary/aromatic N) is 1. The predicted octanol–water partition coefficient (Wildman–Crippen LogP) is 0.928. The van der Waals surface area contributed by atoms with Crippen molar-refractivity contribution in [1.82, 2.24) is 4.57 Å². The SMILES string of the molecule is Cc1ccc(=O)n(CC(C)(C)O)c1. The van der Waals surface area contributed by atoms with Crippen LogP contribution in [0.3, 0.4) is 0 Å². The lowest BCUT2D eigenvalue weighted by Gasteiger charge is -2.18. The van der Waals surface area contributed by atoms with Gasteiger partial charge in [-0.2, -0.15) is 0 Å². The lowest BCUT2D eigenvalue weighted by Crippen LogP contribution is -2.32. The van der Waals surface area contributed by atoms with Gasteiger partial charge in [0.1, 0.15) is 0 Å². The number of aromatic nitrogens is 1. The molecular formula is C10H15NO2. The Labute approximate surface area is 77.6 Å². The second kappa shape index (κ2) is 3.34. The molecule has 1 aromatic rings. The second-order valence-electron chi connectivity index (χ2n) is 3.99. The molecule has 0 saturated carbocycles. The molecule has 1 N–H and O–H groups in total. The zero-order valence-electron chi connectivity index (χ0n) is 8.24. The van der Waals surface area contributed by atoms with E-state index in [4.69, 9.17) is 0 Å². The van der Waals surface area contributed by atoms with E-state index in [2.05, 4.69) is 0 Å². The Kier molecular flexibility index (Phi) is 2.57. The maximum atomic E-state index is 11.3. The van der Waals surface area contributed by atoms with Gasteiger partial charge in [-0.05, 0) is 26.3 Å². The molecule has 0 saturated heterocycles. The van der Waals surface area contributed by atoms with Gasteiger partial charge in [-0.3, -0.25) is 4.79 Å². The van der Waals surface area contributed by atoms with Crippen molar-refractivity contribution in [1.29, 1.82) is 0 Å². The normalized spacial score (nSPS) is 11.7. The molecule has 72 valence electrons. The molecule has 0 amide bonds. The number of rotatable bonds is 2. The molecule has 0 fully saturated rings. The average molecular weight is 181 g/mol. The molecule has 13 heavy (non-hydrogen) atoms. The Morgan fingerprint density at radius 3 is 2.62 bits per heavy atom. The lowest BCUT2D eigenvalue weighted by molar-refractivity contribution is 0.0604. The van der Waals surface area contributed by atoms with Crippen LogP contribution in [-0.4, -0.2) is 15.3 Å². The number of aliphatic hydroxyl groups is 1. The molecule has 0 unspecified atom stereocenters. The summed E-state index contributed by atoms with van der Waals surface area (Å²) in [7, 11) is 0. The van der Waals surface area contributed by atoms with Gasteiger partial charge in [-0.1, -0.05) is 6.07 Å². The van der Waals surface area contributed by atoms with Crippen molar-refractivity contribution in [2.45, 2.75) is 32.9 Å². The highest BCUT2D eigenvalue weighted by molar-refractivity contribution is 5.07. The summed E-state index contributed by atoms with van der Waals surface area (Å²) < 4.78 is 1.52. The van der Waals surface area contributed by atoms with E-state index in [1.807, 2.05) is 6.92 Å². The Morgan fingerprint density at radius 1 is 1.46 bits per heavy atom. The van der Waals surface area contributed by atoms with E-state index in [-0.39, 0.29) is 5.56 Å². The van der Waals surface area contributed by atoms with E-state index in [0.29, 0.717) is 6.54 Å². The third kappa shape index (κ3) is 3.03. The minimum Gasteiger partial charge on any atom is -0.389 e. The molecule has 3 heteroatoms. The Hall–Kier alpha value is -1.09. The van der Waals surface area contributed by atoms with E-state index >= 15 is 0 Å². The van der Waals surface area contributed by atoms with Crippen LogP contribution in [0, 0.1) is 6.92 Å². The summed E-state index contributed by atoms with van der Waals surface area (Å²) >= 11 is 0. The van der Waals surface area contributed by atoms with E-state index in [0.717, 1.165) is 5.56 Å². The van der Waals surface area contributed by atoms with Crippen LogP contribution in [0.4, 0.5) is 0 Å². The number of hydrogen-bond acceptors (Lipinski definition) is 2. The van der Waals surface area contributed by atoms with Crippen LogP contribution < -0.4 is 5.56 Å². The van der Waals surface area contributed by atoms with Gasteiger partial charge in [0.2, 0.25) is 0 Å². The fourth-order valence-corrected chi connectivity index (χ4v) is 1.19. The Balaban J connectivity index is 3.01. The van der Waals surface area contributed by atoms with E-state index in [1.54, 1.807) is 26.1 Å². The molecule has 1 rings (SSSR count). The highest BCUT2D eigenvalue weighted by Crippen LogP contribution is 2.04. The molecule has 1 heterocycles. The van der Waals surface area contributed by atoms with Gasteiger partial charge >= 0.3 is 0 Å². The van der Waals surface area contributed by atoms with E-state index in [1.165, 1.54) is 10.6 Å². The average Bonchev–Trinajstić information content (AvgIpc) is 1.94. The summed E-state index contributed by atoms with van der Waals surface area (Å²) in [6.07, 6.45) is 1.75. The van der Waals surface area contributed by atoms with Crippen molar-refractivity contribution in [3.8, 4) is 0 Å². The minimum absolute atomic E-state index is 0.0762. The van der Waals surface area contributed by atoms with Crippen molar-refractivity contribution in [2.75, 3.05) is 0 Å². The van der Waals surface area contributed by atoms with Crippen LogP contribution in [0.25, 0.3) is 0 Å². The van der Waals surface area contributed by atoms with Gasteiger partial charge in [-0.15, -0.1) is 0 Å². The van der Waals surface area contributed by atoms with E-state index in [9.17, 15) is 9.90 Å². The van der Waals surface area contributed by atoms with Gasteiger partial charge in [-0.25, -0.2) is 0 Å². The molecule has 0 aliphatic carbocycles. The molecule has 0 atom stereocenters. The van der Waals surface area contributed by atoms with Crippen LogP contribution in [0.1, 0.15) is 19.4 Å². The first-order valence-corrected chi connectivity index (χ1v) is 4.28. The topological polar surface area (TPSA) is 42.2 Å². The molecule has 0 spiro atoms. The van der Waals surface area contributed by atoms with Crippen molar-refractivity contribution in [2.24, 2.45) is 0 Å². The Bertz CT molecular complexity index is 347. The monoisotopic (exact) mass is 181 g/mol. The van der Waals surface area contributed by atoms with Crippen LogP contribution in [-0.2, 0) is 6.54 Å². The highest BCUT2D eigenvalue weighted by Gasteiger charge is 2.13. The minimum atomic E-state index is -0.850. The molecule has 0 radical (unpaired) electrons. The molecule has 0 aromatic carbocycles. The Morgan fingerprint density at radius 2 is 2.08 bits per heavy atom. The first kappa shape index (κ1) is 9.99. The van der Waals surface area contributed by atoms with Crippen molar-refractivity contribution >= 4 is 0 Å². The molecule has 1 aromatic heterocycles. The summed E-state index contributed by atoms with van der Waals surface area (Å²) in [6, 6.07) is 3.28. The smallest absolute Gasteiger partial charge is 0.250 e. The quantitative estimate of drug-likeness (QED) is 0.737. The fraction of sp³-hybridized carbons (Fsp3) is 0.500. The van der Waals surface area contributed by atoms with Crippen LogP contribution in [0.2, 0.25) is 0 Å². The van der Waals surface area contributed by atoms with Crippen molar-refractivity contribution < 1.29 is 5.11 Å². The van der Waals surface area contributed by atoms with Gasteiger partial charge in [0.25, 0.3) is 5.56 Å². The fourth-order valence-electron chi connectivity index (χ4n) is 1.19. The lowest BCUT2D eigenvalue weighted by atomic mass is 10.1. The van der Waals surface area contributed by atoms with Crippen LogP contribution in [0.15, 0.2) is 23.1 Å². The summed E-state index contributed by atoms with van der Waals surface area (Å²) in [5, 5.41) is 9.53. The van der Waals surface area contributed by atoms with Crippen molar-refractivity contribution in [3.05, 3.63) is 34.2 Å². The summed E-state index contributed by atoms with van der Waals surface area (Å²) in [4.78, 5) is 11.3. The molecule has 0 bridgehead atoms. The number of aryl methyl sites for hydroxylation is 1. The van der Waals surface area contributed by atoms with Crippen LogP contribution in [0.5, 0.6) is 0 Å². The predicted molar refractivity (Wildman–Crippen MR) is 51.7 cm³/mol. The third-order valence-corrected chi connectivity index (χ3v) is 1.69. The van der Waals surface area contributed by atoms with Crippen molar-refractivity contribution in [3.63, 3.8) is 0 Å². The zero-order valence-corrected chi connectivity index (χ0v) is 8.24. The van der Waals surface area contributed by atoms with Gasteiger partial charge in [0.05, 0.1) is 12.1 Å².